The number of rotatable bonds is 5. The third-order valence-electron chi connectivity index (χ3n) is 4.60. The van der Waals surface area contributed by atoms with Crippen molar-refractivity contribution in [1.82, 2.24) is 14.8 Å². The number of nitrogens with one attached hydrogen (secondary N) is 1. The number of hydrogen-bond donors (Lipinski definition) is 3. The van der Waals surface area contributed by atoms with Crippen molar-refractivity contribution in [3.05, 3.63) is 76.0 Å². The number of aromatic hydroxyl groups is 1. The molecular formula is C20H18ClN5O2S. The van der Waals surface area contributed by atoms with Gasteiger partial charge in [0.2, 0.25) is 17.0 Å². The number of phenolic OH excluding ortho intramolecular Hbond substituents is 1. The van der Waals surface area contributed by atoms with E-state index in [1.807, 2.05) is 30.3 Å². The third kappa shape index (κ3) is 3.81. The van der Waals surface area contributed by atoms with Crippen molar-refractivity contribution in [2.24, 2.45) is 5.73 Å². The van der Waals surface area contributed by atoms with E-state index >= 15 is 0 Å². The second kappa shape index (κ2) is 7.81. The average molecular weight is 428 g/mol. The van der Waals surface area contributed by atoms with Gasteiger partial charge in [-0.25, -0.2) is 4.68 Å². The smallest absolute Gasteiger partial charge is 0.248 e. The molecule has 3 aromatic rings. The lowest BCUT2D eigenvalue weighted by Crippen LogP contribution is -2.31. The SMILES string of the molecule is CC1=C(C(N)=O)[C@@H](c2cccc(O)c2)n2nc(SCc3ccccc3Cl)nc2N1. The van der Waals surface area contributed by atoms with E-state index in [4.69, 9.17) is 17.3 Å². The first-order chi connectivity index (χ1) is 13.9. The number of aromatic nitrogens is 3. The quantitative estimate of drug-likeness (QED) is 0.536. The molecule has 148 valence electrons. The van der Waals surface area contributed by atoms with Crippen LogP contribution in [0.15, 0.2) is 65.0 Å². The highest BCUT2D eigenvalue weighted by Crippen LogP contribution is 2.37. The maximum atomic E-state index is 12.2. The van der Waals surface area contributed by atoms with Gasteiger partial charge in [-0.05, 0) is 36.2 Å². The fraction of sp³-hybridized carbons (Fsp3) is 0.150. The number of benzene rings is 2. The number of hydrogen-bond acceptors (Lipinski definition) is 6. The van der Waals surface area contributed by atoms with Crippen LogP contribution in [0.5, 0.6) is 5.75 Å². The Hall–Kier alpha value is -2.97. The first kappa shape index (κ1) is 19.4. The molecule has 1 aromatic heterocycles. The first-order valence-corrected chi connectivity index (χ1v) is 10.2. The number of nitrogens with zero attached hydrogens (tertiary/aromatic N) is 3. The Labute approximate surface area is 176 Å². The van der Waals surface area contributed by atoms with E-state index in [2.05, 4.69) is 15.4 Å². The molecule has 9 heteroatoms. The van der Waals surface area contributed by atoms with Gasteiger partial charge in [0.1, 0.15) is 11.8 Å². The molecule has 0 radical (unpaired) electrons. The topological polar surface area (TPSA) is 106 Å². The Morgan fingerprint density at radius 3 is 2.83 bits per heavy atom. The number of carbonyl (C=O) groups is 1. The lowest BCUT2D eigenvalue weighted by Gasteiger charge is -2.27. The summed E-state index contributed by atoms with van der Waals surface area (Å²) >= 11 is 7.67. The van der Waals surface area contributed by atoms with Crippen LogP contribution in [-0.2, 0) is 10.5 Å². The lowest BCUT2D eigenvalue weighted by molar-refractivity contribution is -0.115. The molecule has 0 saturated heterocycles. The monoisotopic (exact) mass is 427 g/mol. The number of carbonyl (C=O) groups excluding carboxylic acids is 1. The van der Waals surface area contributed by atoms with Crippen LogP contribution in [-0.4, -0.2) is 25.8 Å². The highest BCUT2D eigenvalue weighted by Gasteiger charge is 2.33. The minimum absolute atomic E-state index is 0.0949. The second-order valence-corrected chi connectivity index (χ2v) is 7.92. The standard InChI is InChI=1S/C20H18ClN5O2S/c1-11-16(18(22)28)17(12-6-4-7-14(27)9-12)26-19(23-11)24-20(25-26)29-10-13-5-2-3-8-15(13)21/h2-9,17,27H,10H2,1H3,(H2,22,28)(H,23,24,25)/t17-/m1/s1. The lowest BCUT2D eigenvalue weighted by atomic mass is 9.95. The van der Waals surface area contributed by atoms with Crippen LogP contribution >= 0.6 is 23.4 Å². The van der Waals surface area contributed by atoms with Crippen LogP contribution < -0.4 is 11.1 Å². The predicted octanol–water partition coefficient (Wildman–Crippen LogP) is 3.70. The molecular weight excluding hydrogens is 410 g/mol. The van der Waals surface area contributed by atoms with Gasteiger partial charge in [-0.2, -0.15) is 4.98 Å². The summed E-state index contributed by atoms with van der Waals surface area (Å²) in [5.41, 5.74) is 8.31. The maximum absolute atomic E-state index is 12.2. The molecule has 1 amide bonds. The molecule has 0 bridgehead atoms. The van der Waals surface area contributed by atoms with Crippen LogP contribution in [0.2, 0.25) is 5.02 Å². The largest absolute Gasteiger partial charge is 0.508 e. The van der Waals surface area contributed by atoms with E-state index in [9.17, 15) is 9.90 Å². The van der Waals surface area contributed by atoms with Crippen molar-refractivity contribution in [3.63, 3.8) is 0 Å². The zero-order chi connectivity index (χ0) is 20.5. The number of thioether (sulfide) groups is 1. The van der Waals surface area contributed by atoms with Crippen molar-refractivity contribution < 1.29 is 9.90 Å². The van der Waals surface area contributed by atoms with Crippen LogP contribution in [0.4, 0.5) is 5.95 Å². The molecule has 0 spiro atoms. The number of phenols is 1. The molecule has 7 nitrogen and oxygen atoms in total. The number of nitrogens with two attached hydrogens (primary N) is 1. The van der Waals surface area contributed by atoms with Gasteiger partial charge in [-0.15, -0.1) is 5.10 Å². The summed E-state index contributed by atoms with van der Waals surface area (Å²) in [7, 11) is 0. The maximum Gasteiger partial charge on any atom is 0.248 e. The van der Waals surface area contributed by atoms with Crippen LogP contribution in [0.3, 0.4) is 0 Å². The van der Waals surface area contributed by atoms with Gasteiger partial charge in [0, 0.05) is 16.5 Å². The molecule has 2 aromatic carbocycles. The van der Waals surface area contributed by atoms with Gasteiger partial charge in [-0.3, -0.25) is 4.79 Å². The number of fused-ring (bicyclic) bond motifs is 1. The fourth-order valence-corrected chi connectivity index (χ4v) is 4.39. The normalized spacial score (nSPS) is 15.7. The molecule has 0 unspecified atom stereocenters. The number of allylic oxidation sites excluding steroid dienone is 1. The summed E-state index contributed by atoms with van der Waals surface area (Å²) in [4.78, 5) is 16.7. The van der Waals surface area contributed by atoms with E-state index in [0.29, 0.717) is 38.7 Å². The summed E-state index contributed by atoms with van der Waals surface area (Å²) < 4.78 is 1.62. The van der Waals surface area contributed by atoms with E-state index in [1.165, 1.54) is 11.8 Å². The molecule has 4 rings (SSSR count). The Kier molecular flexibility index (Phi) is 5.21. The van der Waals surface area contributed by atoms with Crippen LogP contribution in [0, 0.1) is 0 Å². The highest BCUT2D eigenvalue weighted by atomic mass is 35.5. The predicted molar refractivity (Wildman–Crippen MR) is 113 cm³/mol. The second-order valence-electron chi connectivity index (χ2n) is 6.57. The van der Waals surface area contributed by atoms with Gasteiger partial charge in [0.15, 0.2) is 0 Å². The average Bonchev–Trinajstić information content (AvgIpc) is 3.08. The van der Waals surface area contributed by atoms with E-state index < -0.39 is 11.9 Å². The molecule has 29 heavy (non-hydrogen) atoms. The minimum Gasteiger partial charge on any atom is -0.508 e. The third-order valence-corrected chi connectivity index (χ3v) is 5.85. The number of amides is 1. The molecule has 1 aliphatic heterocycles. The van der Waals surface area contributed by atoms with Gasteiger partial charge in [-0.1, -0.05) is 53.7 Å². The highest BCUT2D eigenvalue weighted by molar-refractivity contribution is 7.98. The Balaban J connectivity index is 1.70. The van der Waals surface area contributed by atoms with Crippen LogP contribution in [0.25, 0.3) is 0 Å². The Morgan fingerprint density at radius 1 is 1.31 bits per heavy atom. The molecule has 1 atom stereocenters. The summed E-state index contributed by atoms with van der Waals surface area (Å²) in [5.74, 6) is 0.643. The van der Waals surface area contributed by atoms with Gasteiger partial charge >= 0.3 is 0 Å². The molecule has 2 heterocycles. The van der Waals surface area contributed by atoms with Crippen molar-refractivity contribution in [3.8, 4) is 5.75 Å². The molecule has 0 saturated carbocycles. The van der Waals surface area contributed by atoms with Gasteiger partial charge in [0.05, 0.1) is 5.57 Å². The summed E-state index contributed by atoms with van der Waals surface area (Å²) in [6, 6.07) is 13.7. The minimum atomic E-state index is -0.585. The van der Waals surface area contributed by atoms with E-state index in [1.54, 1.807) is 29.8 Å². The van der Waals surface area contributed by atoms with Crippen molar-refractivity contribution in [1.29, 1.82) is 0 Å². The molecule has 1 aliphatic rings. The van der Waals surface area contributed by atoms with Gasteiger partial charge < -0.3 is 16.2 Å². The molecule has 0 fully saturated rings. The van der Waals surface area contributed by atoms with Gasteiger partial charge in [0.25, 0.3) is 0 Å². The fourth-order valence-electron chi connectivity index (χ4n) is 3.27. The Morgan fingerprint density at radius 2 is 2.10 bits per heavy atom. The zero-order valence-corrected chi connectivity index (χ0v) is 17.0. The van der Waals surface area contributed by atoms with Crippen molar-refractivity contribution in [2.45, 2.75) is 23.9 Å². The summed E-state index contributed by atoms with van der Waals surface area (Å²) in [6.45, 7) is 1.77. The number of anilines is 1. The molecule has 0 aliphatic carbocycles. The first-order valence-electron chi connectivity index (χ1n) is 8.83. The number of primary amides is 1. The molecule has 4 N–H and O–H groups in total. The Bertz CT molecular complexity index is 1130. The number of halogens is 1. The van der Waals surface area contributed by atoms with Crippen LogP contribution in [0.1, 0.15) is 24.1 Å². The van der Waals surface area contributed by atoms with Crippen molar-refractivity contribution in [2.75, 3.05) is 5.32 Å². The van der Waals surface area contributed by atoms with E-state index in [-0.39, 0.29) is 5.75 Å². The zero-order valence-electron chi connectivity index (χ0n) is 15.5. The van der Waals surface area contributed by atoms with Crippen molar-refractivity contribution >= 4 is 35.2 Å². The van der Waals surface area contributed by atoms with E-state index in [0.717, 1.165) is 5.56 Å². The summed E-state index contributed by atoms with van der Waals surface area (Å²) in [5, 5.41) is 18.8. The summed E-state index contributed by atoms with van der Waals surface area (Å²) in [6.07, 6.45) is 0.